The van der Waals surface area contributed by atoms with Gasteiger partial charge in [-0.1, -0.05) is 18.2 Å². The maximum Gasteiger partial charge on any atom is 0.119 e. The van der Waals surface area contributed by atoms with Crippen LogP contribution in [0.15, 0.2) is 48.7 Å². The third-order valence-corrected chi connectivity index (χ3v) is 2.54. The van der Waals surface area contributed by atoms with Crippen LogP contribution in [-0.4, -0.2) is 9.94 Å². The van der Waals surface area contributed by atoms with Gasteiger partial charge in [-0.2, -0.15) is 4.73 Å². The highest BCUT2D eigenvalue weighted by Crippen LogP contribution is 2.23. The molecule has 1 aliphatic rings. The Hall–Kier alpha value is -2.36. The fourth-order valence-electron chi connectivity index (χ4n) is 1.78. The number of hydrogen-bond donors (Lipinski definition) is 2. The van der Waals surface area contributed by atoms with Crippen LogP contribution in [0.3, 0.4) is 0 Å². The summed E-state index contributed by atoms with van der Waals surface area (Å²) in [5.41, 5.74) is 4.90. The molecular formula is C12H10N2O2. The second-order valence-electron chi connectivity index (χ2n) is 3.53. The maximum absolute atomic E-state index is 10.00. The van der Waals surface area contributed by atoms with Gasteiger partial charge in [0.1, 0.15) is 12.0 Å². The number of allylic oxidation sites excluding steroid dienone is 2. The Labute approximate surface area is 92.0 Å². The van der Waals surface area contributed by atoms with Gasteiger partial charge in [0.2, 0.25) is 0 Å². The van der Waals surface area contributed by atoms with Crippen LogP contribution in [-0.2, 0) is 4.84 Å². The van der Waals surface area contributed by atoms with E-state index in [0.717, 1.165) is 21.3 Å². The molecule has 0 bridgehead atoms. The summed E-state index contributed by atoms with van der Waals surface area (Å²) in [5.74, 6) is 0. The lowest BCUT2D eigenvalue weighted by atomic mass is 10.2. The Balaban J connectivity index is 2.20. The smallest absolute Gasteiger partial charge is 0.119 e. The van der Waals surface area contributed by atoms with Crippen molar-refractivity contribution in [2.24, 2.45) is 0 Å². The van der Waals surface area contributed by atoms with Crippen molar-refractivity contribution >= 4 is 16.6 Å². The Bertz CT molecular complexity index is 596. The van der Waals surface area contributed by atoms with E-state index >= 15 is 0 Å². The number of rotatable bonds is 1. The zero-order valence-electron chi connectivity index (χ0n) is 8.42. The molecule has 4 heteroatoms. The van der Waals surface area contributed by atoms with E-state index in [1.807, 2.05) is 36.4 Å². The summed E-state index contributed by atoms with van der Waals surface area (Å²) in [6, 6.07) is 9.53. The Morgan fingerprint density at radius 1 is 1.25 bits per heavy atom. The first-order chi connectivity index (χ1) is 7.86. The summed E-state index contributed by atoms with van der Waals surface area (Å²) >= 11 is 0. The molecule has 0 radical (unpaired) electrons. The van der Waals surface area contributed by atoms with Gasteiger partial charge in [0.15, 0.2) is 0 Å². The van der Waals surface area contributed by atoms with Gasteiger partial charge in [-0.25, -0.2) is 5.48 Å². The highest BCUT2D eigenvalue weighted by molar-refractivity contribution is 5.85. The first kappa shape index (κ1) is 8.91. The Morgan fingerprint density at radius 2 is 2.12 bits per heavy atom. The van der Waals surface area contributed by atoms with E-state index in [4.69, 9.17) is 4.84 Å². The lowest BCUT2D eigenvalue weighted by Crippen LogP contribution is -2.14. The quantitative estimate of drug-likeness (QED) is 0.716. The number of nitrogens with zero attached hydrogens (tertiary/aromatic N) is 1. The lowest BCUT2D eigenvalue weighted by Gasteiger charge is -2.11. The standard InChI is InChI=1S/C12H10N2O2/c15-14-11-6-2-1-4-9(11)8-12(14)10-5-3-7-16-13-10/h1-8,13,15H. The zero-order valence-corrected chi connectivity index (χ0v) is 8.42. The molecule has 0 atom stereocenters. The number of hydroxylamine groups is 1. The van der Waals surface area contributed by atoms with Crippen LogP contribution in [0.25, 0.3) is 16.6 Å². The molecule has 1 aromatic heterocycles. The van der Waals surface area contributed by atoms with E-state index < -0.39 is 0 Å². The molecule has 3 rings (SSSR count). The Kier molecular flexibility index (Phi) is 1.86. The van der Waals surface area contributed by atoms with Crippen LogP contribution in [0.1, 0.15) is 5.69 Å². The minimum atomic E-state index is 0.672. The molecule has 0 saturated carbocycles. The number of fused-ring (bicyclic) bond motifs is 1. The summed E-state index contributed by atoms with van der Waals surface area (Å²) in [7, 11) is 0. The summed E-state index contributed by atoms with van der Waals surface area (Å²) in [6.07, 6.45) is 5.14. The van der Waals surface area contributed by atoms with Crippen molar-refractivity contribution in [1.29, 1.82) is 0 Å². The van der Waals surface area contributed by atoms with Gasteiger partial charge >= 0.3 is 0 Å². The van der Waals surface area contributed by atoms with Crippen molar-refractivity contribution in [3.63, 3.8) is 0 Å². The molecule has 1 aliphatic heterocycles. The fourth-order valence-corrected chi connectivity index (χ4v) is 1.78. The van der Waals surface area contributed by atoms with Crippen molar-refractivity contribution in [3.05, 3.63) is 54.4 Å². The van der Waals surface area contributed by atoms with Gasteiger partial charge in [-0.15, -0.1) is 0 Å². The number of nitrogens with one attached hydrogen (secondary N) is 1. The highest BCUT2D eigenvalue weighted by Gasteiger charge is 2.12. The molecule has 0 aliphatic carbocycles. The first-order valence-corrected chi connectivity index (χ1v) is 4.95. The molecule has 0 fully saturated rings. The van der Waals surface area contributed by atoms with Crippen LogP contribution in [0.4, 0.5) is 0 Å². The highest BCUT2D eigenvalue weighted by atomic mass is 16.6. The monoisotopic (exact) mass is 214 g/mol. The molecule has 16 heavy (non-hydrogen) atoms. The van der Waals surface area contributed by atoms with E-state index in [2.05, 4.69) is 5.48 Å². The summed E-state index contributed by atoms with van der Waals surface area (Å²) in [6.45, 7) is 0. The molecule has 0 spiro atoms. The Morgan fingerprint density at radius 3 is 2.88 bits per heavy atom. The van der Waals surface area contributed by atoms with Gasteiger partial charge in [0, 0.05) is 5.39 Å². The van der Waals surface area contributed by atoms with Crippen LogP contribution in [0.2, 0.25) is 0 Å². The van der Waals surface area contributed by atoms with Crippen LogP contribution in [0.5, 0.6) is 0 Å². The van der Waals surface area contributed by atoms with E-state index in [9.17, 15) is 5.21 Å². The molecule has 2 N–H and O–H groups in total. The van der Waals surface area contributed by atoms with Gasteiger partial charge in [0.05, 0.1) is 11.2 Å². The van der Waals surface area contributed by atoms with Crippen LogP contribution < -0.4 is 5.48 Å². The number of aromatic nitrogens is 1. The predicted octanol–water partition coefficient (Wildman–Crippen LogP) is 2.27. The van der Waals surface area contributed by atoms with Crippen LogP contribution in [0, 0.1) is 0 Å². The van der Waals surface area contributed by atoms with E-state index in [0.29, 0.717) is 5.69 Å². The second kappa shape index (κ2) is 3.34. The molecular weight excluding hydrogens is 204 g/mol. The normalized spacial score (nSPS) is 14.4. The van der Waals surface area contributed by atoms with Gasteiger partial charge < -0.3 is 10.0 Å². The van der Waals surface area contributed by atoms with Crippen molar-refractivity contribution in [3.8, 4) is 0 Å². The largest absolute Gasteiger partial charge is 0.428 e. The molecule has 2 heterocycles. The minimum absolute atomic E-state index is 0.672. The second-order valence-corrected chi connectivity index (χ2v) is 3.53. The topological polar surface area (TPSA) is 46.4 Å². The molecule has 2 aromatic rings. The molecule has 4 nitrogen and oxygen atoms in total. The van der Waals surface area contributed by atoms with Crippen LogP contribution >= 0.6 is 0 Å². The summed E-state index contributed by atoms with van der Waals surface area (Å²) in [4.78, 5) is 4.96. The fraction of sp³-hybridized carbons (Fsp3) is 0. The molecule has 0 amide bonds. The van der Waals surface area contributed by atoms with E-state index in [1.54, 1.807) is 6.08 Å². The lowest BCUT2D eigenvalue weighted by molar-refractivity contribution is 0.170. The third kappa shape index (κ3) is 1.24. The molecule has 1 aromatic carbocycles. The average molecular weight is 214 g/mol. The first-order valence-electron chi connectivity index (χ1n) is 4.95. The number of benzene rings is 1. The number of para-hydroxylation sites is 1. The van der Waals surface area contributed by atoms with Gasteiger partial charge in [0.25, 0.3) is 0 Å². The average Bonchev–Trinajstić information content (AvgIpc) is 2.69. The van der Waals surface area contributed by atoms with Crippen molar-refractivity contribution in [1.82, 2.24) is 10.2 Å². The van der Waals surface area contributed by atoms with E-state index in [-0.39, 0.29) is 0 Å². The molecule has 0 saturated heterocycles. The third-order valence-electron chi connectivity index (χ3n) is 2.54. The SMILES string of the molecule is On1c(C2=CC=CON2)cc2ccccc21. The summed E-state index contributed by atoms with van der Waals surface area (Å²) in [5, 5.41) is 11.0. The van der Waals surface area contributed by atoms with Crippen molar-refractivity contribution in [2.75, 3.05) is 0 Å². The predicted molar refractivity (Wildman–Crippen MR) is 60.5 cm³/mol. The van der Waals surface area contributed by atoms with Gasteiger partial charge in [-0.05, 0) is 24.3 Å². The number of hydrogen-bond acceptors (Lipinski definition) is 3. The zero-order chi connectivity index (χ0) is 11.0. The molecule has 80 valence electrons. The minimum Gasteiger partial charge on any atom is -0.428 e. The summed E-state index contributed by atoms with van der Waals surface area (Å²) < 4.78 is 1.15. The molecule has 0 unspecified atom stereocenters. The van der Waals surface area contributed by atoms with Gasteiger partial charge in [-0.3, -0.25) is 0 Å². The van der Waals surface area contributed by atoms with E-state index in [1.165, 1.54) is 6.26 Å². The maximum atomic E-state index is 10.00. The van der Waals surface area contributed by atoms with Crippen molar-refractivity contribution < 1.29 is 10.0 Å². The van der Waals surface area contributed by atoms with Crippen molar-refractivity contribution in [2.45, 2.75) is 0 Å².